The van der Waals surface area contributed by atoms with Gasteiger partial charge in [-0.15, -0.1) is 13.2 Å². The number of hydrogen-bond acceptors (Lipinski definition) is 3. The molecule has 0 aliphatic carbocycles. The Kier molecular flexibility index (Phi) is 4.59. The Morgan fingerprint density at radius 1 is 1.00 bits per heavy atom. The van der Waals surface area contributed by atoms with Crippen molar-refractivity contribution in [2.75, 3.05) is 4.31 Å². The SMILES string of the molecule is C=CCC1(CC=C)C(=O)N(S(=O)(=O)c2ccc(C)cc2)c2ccccc21. The molecule has 1 amide bonds. The molecule has 4 nitrogen and oxygen atoms in total. The Balaban J connectivity index is 2.23. The predicted octanol–water partition coefficient (Wildman–Crippen LogP) is 4.12. The molecular formula is C21H21NO3S. The van der Waals surface area contributed by atoms with E-state index in [2.05, 4.69) is 13.2 Å². The van der Waals surface area contributed by atoms with Gasteiger partial charge in [0.05, 0.1) is 16.0 Å². The molecule has 2 aromatic rings. The first-order valence-electron chi connectivity index (χ1n) is 8.36. The van der Waals surface area contributed by atoms with Gasteiger partial charge < -0.3 is 0 Å². The molecule has 2 aromatic carbocycles. The van der Waals surface area contributed by atoms with Crippen LogP contribution < -0.4 is 4.31 Å². The van der Waals surface area contributed by atoms with Crippen LogP contribution in [0.2, 0.25) is 0 Å². The van der Waals surface area contributed by atoms with Crippen LogP contribution in [0, 0.1) is 6.92 Å². The van der Waals surface area contributed by atoms with Gasteiger partial charge in [-0.3, -0.25) is 4.79 Å². The Morgan fingerprint density at radius 3 is 2.15 bits per heavy atom. The zero-order chi connectivity index (χ0) is 18.9. The summed E-state index contributed by atoms with van der Waals surface area (Å²) >= 11 is 0. The van der Waals surface area contributed by atoms with Crippen LogP contribution in [0.1, 0.15) is 24.0 Å². The maximum absolute atomic E-state index is 13.4. The van der Waals surface area contributed by atoms with Crippen molar-refractivity contribution in [2.45, 2.75) is 30.1 Å². The molecule has 0 fully saturated rings. The fraction of sp³-hybridized carbons (Fsp3) is 0.190. The zero-order valence-corrected chi connectivity index (χ0v) is 15.5. The highest BCUT2D eigenvalue weighted by atomic mass is 32.2. The lowest BCUT2D eigenvalue weighted by Crippen LogP contribution is -2.43. The fourth-order valence-electron chi connectivity index (χ4n) is 3.50. The second-order valence-corrected chi connectivity index (χ2v) is 8.26. The van der Waals surface area contributed by atoms with Crippen LogP contribution in [0.4, 0.5) is 5.69 Å². The minimum Gasteiger partial charge on any atom is -0.272 e. The summed E-state index contributed by atoms with van der Waals surface area (Å²) in [6, 6.07) is 13.5. The van der Waals surface area contributed by atoms with Gasteiger partial charge >= 0.3 is 0 Å². The molecular weight excluding hydrogens is 346 g/mol. The van der Waals surface area contributed by atoms with Gasteiger partial charge in [-0.1, -0.05) is 48.0 Å². The van der Waals surface area contributed by atoms with Gasteiger partial charge in [-0.2, -0.15) is 0 Å². The van der Waals surface area contributed by atoms with E-state index in [0.29, 0.717) is 24.1 Å². The van der Waals surface area contributed by atoms with E-state index in [1.54, 1.807) is 36.4 Å². The second-order valence-electron chi connectivity index (χ2n) is 6.47. The Morgan fingerprint density at radius 2 is 1.58 bits per heavy atom. The van der Waals surface area contributed by atoms with Crippen LogP contribution in [0.25, 0.3) is 0 Å². The first-order chi connectivity index (χ1) is 12.4. The number of amides is 1. The predicted molar refractivity (Wildman–Crippen MR) is 104 cm³/mol. The van der Waals surface area contributed by atoms with E-state index < -0.39 is 21.3 Å². The van der Waals surface area contributed by atoms with E-state index in [1.165, 1.54) is 12.1 Å². The van der Waals surface area contributed by atoms with Gasteiger partial charge in [0.2, 0.25) is 0 Å². The van der Waals surface area contributed by atoms with E-state index in [1.807, 2.05) is 19.1 Å². The van der Waals surface area contributed by atoms with Crippen LogP contribution in [-0.4, -0.2) is 14.3 Å². The average Bonchev–Trinajstić information content (AvgIpc) is 2.85. The van der Waals surface area contributed by atoms with Crippen LogP contribution in [0.15, 0.2) is 78.7 Å². The molecule has 0 spiro atoms. The topological polar surface area (TPSA) is 54.5 Å². The third-order valence-electron chi connectivity index (χ3n) is 4.78. The van der Waals surface area contributed by atoms with E-state index in [9.17, 15) is 13.2 Å². The molecule has 3 rings (SSSR count). The highest BCUT2D eigenvalue weighted by molar-refractivity contribution is 7.93. The van der Waals surface area contributed by atoms with E-state index >= 15 is 0 Å². The lowest BCUT2D eigenvalue weighted by Gasteiger charge is -2.26. The summed E-state index contributed by atoms with van der Waals surface area (Å²) in [5, 5.41) is 0. The number of hydrogen-bond donors (Lipinski definition) is 0. The summed E-state index contributed by atoms with van der Waals surface area (Å²) in [7, 11) is -4.01. The average molecular weight is 367 g/mol. The zero-order valence-electron chi connectivity index (χ0n) is 14.7. The lowest BCUT2D eigenvalue weighted by atomic mass is 9.76. The number of fused-ring (bicyclic) bond motifs is 1. The number of carbonyl (C=O) groups excluding carboxylic acids is 1. The molecule has 1 heterocycles. The largest absolute Gasteiger partial charge is 0.272 e. The Labute approximate surface area is 154 Å². The van der Waals surface area contributed by atoms with Crippen molar-refractivity contribution in [3.05, 3.63) is 85.0 Å². The standard InChI is InChI=1S/C21H21NO3S/c1-4-14-21(15-5-2)18-8-6-7-9-19(18)22(20(21)23)26(24,25)17-12-10-16(3)11-13-17/h4-13H,1-2,14-15H2,3H3. The monoisotopic (exact) mass is 367 g/mol. The molecule has 0 bridgehead atoms. The van der Waals surface area contributed by atoms with Crippen molar-refractivity contribution in [1.82, 2.24) is 0 Å². The fourth-order valence-corrected chi connectivity index (χ4v) is 5.00. The summed E-state index contributed by atoms with van der Waals surface area (Å²) in [4.78, 5) is 13.5. The maximum atomic E-state index is 13.4. The molecule has 26 heavy (non-hydrogen) atoms. The number of allylic oxidation sites excluding steroid dienone is 2. The molecule has 0 atom stereocenters. The number of sulfonamides is 1. The molecule has 5 heteroatoms. The van der Waals surface area contributed by atoms with E-state index in [4.69, 9.17) is 0 Å². The number of anilines is 1. The summed E-state index contributed by atoms with van der Waals surface area (Å²) in [5.41, 5.74) is 1.06. The van der Waals surface area contributed by atoms with Gasteiger partial charge in [0.1, 0.15) is 0 Å². The van der Waals surface area contributed by atoms with Crippen LogP contribution >= 0.6 is 0 Å². The second kappa shape index (κ2) is 6.57. The first-order valence-corrected chi connectivity index (χ1v) is 9.80. The van der Waals surface area contributed by atoms with Crippen molar-refractivity contribution in [3.8, 4) is 0 Å². The summed E-state index contributed by atoms with van der Waals surface area (Å²) in [6.07, 6.45) is 3.99. The summed E-state index contributed by atoms with van der Waals surface area (Å²) in [6.45, 7) is 9.40. The Hall–Kier alpha value is -2.66. The number of benzene rings is 2. The normalized spacial score (nSPS) is 15.6. The summed E-state index contributed by atoms with van der Waals surface area (Å²) in [5.74, 6) is -0.459. The lowest BCUT2D eigenvalue weighted by molar-refractivity contribution is -0.121. The molecule has 1 aliphatic heterocycles. The van der Waals surface area contributed by atoms with Gasteiger partial charge in [0, 0.05) is 0 Å². The van der Waals surface area contributed by atoms with Gasteiger partial charge in [-0.05, 0) is 43.5 Å². The smallest absolute Gasteiger partial charge is 0.270 e. The number of nitrogens with zero attached hydrogens (tertiary/aromatic N) is 1. The number of carbonyl (C=O) groups is 1. The molecule has 0 N–H and O–H groups in total. The van der Waals surface area contributed by atoms with Gasteiger partial charge in [0.15, 0.2) is 0 Å². The third-order valence-corrected chi connectivity index (χ3v) is 6.49. The minimum atomic E-state index is -4.01. The van der Waals surface area contributed by atoms with E-state index in [-0.39, 0.29) is 4.90 Å². The highest BCUT2D eigenvalue weighted by Gasteiger charge is 2.53. The van der Waals surface area contributed by atoms with Gasteiger partial charge in [-0.25, -0.2) is 12.7 Å². The van der Waals surface area contributed by atoms with Crippen LogP contribution in [-0.2, 0) is 20.2 Å². The van der Waals surface area contributed by atoms with Crippen molar-refractivity contribution in [1.29, 1.82) is 0 Å². The van der Waals surface area contributed by atoms with E-state index in [0.717, 1.165) is 9.87 Å². The quantitative estimate of drug-likeness (QED) is 0.722. The van der Waals surface area contributed by atoms with Crippen molar-refractivity contribution in [2.24, 2.45) is 0 Å². The molecule has 1 aliphatic rings. The van der Waals surface area contributed by atoms with Crippen molar-refractivity contribution >= 4 is 21.6 Å². The maximum Gasteiger partial charge on any atom is 0.270 e. The Bertz CT molecular complexity index is 965. The highest BCUT2D eigenvalue weighted by Crippen LogP contribution is 2.48. The molecule has 0 aromatic heterocycles. The first kappa shape index (κ1) is 18.1. The molecule has 0 saturated carbocycles. The van der Waals surface area contributed by atoms with Crippen molar-refractivity contribution in [3.63, 3.8) is 0 Å². The van der Waals surface area contributed by atoms with Crippen molar-refractivity contribution < 1.29 is 13.2 Å². The van der Waals surface area contributed by atoms with Crippen LogP contribution in [0.5, 0.6) is 0 Å². The number of aryl methyl sites for hydroxylation is 1. The summed E-state index contributed by atoms with van der Waals surface area (Å²) < 4.78 is 27.5. The van der Waals surface area contributed by atoms with Crippen LogP contribution in [0.3, 0.4) is 0 Å². The molecule has 0 saturated heterocycles. The molecule has 134 valence electrons. The van der Waals surface area contributed by atoms with Gasteiger partial charge in [0.25, 0.3) is 15.9 Å². The molecule has 0 radical (unpaired) electrons. The minimum absolute atomic E-state index is 0.0965. The number of para-hydroxylation sites is 1. The molecule has 0 unspecified atom stereocenters. The third kappa shape index (κ3) is 2.59. The number of rotatable bonds is 6.